The fourth-order valence-electron chi connectivity index (χ4n) is 1.53. The minimum absolute atomic E-state index is 0.466. The topological polar surface area (TPSA) is 48.1 Å². The molecule has 0 bridgehead atoms. The van der Waals surface area contributed by atoms with Gasteiger partial charge in [-0.05, 0) is 12.5 Å². The van der Waals surface area contributed by atoms with Crippen molar-refractivity contribution in [2.45, 2.75) is 45.6 Å². The molecular formula is C13H22N2O. The molecule has 90 valence electrons. The monoisotopic (exact) mass is 222 g/mol. The number of pyridine rings is 1. The zero-order chi connectivity index (χ0) is 11.6. The van der Waals surface area contributed by atoms with Gasteiger partial charge >= 0.3 is 0 Å². The van der Waals surface area contributed by atoms with Gasteiger partial charge < -0.3 is 10.5 Å². The molecule has 0 radical (unpaired) electrons. The van der Waals surface area contributed by atoms with E-state index in [-0.39, 0.29) is 0 Å². The van der Waals surface area contributed by atoms with Crippen molar-refractivity contribution >= 4 is 0 Å². The fourth-order valence-corrected chi connectivity index (χ4v) is 1.53. The van der Waals surface area contributed by atoms with E-state index in [0.717, 1.165) is 18.7 Å². The van der Waals surface area contributed by atoms with Crippen LogP contribution in [0, 0.1) is 0 Å². The maximum absolute atomic E-state index is 5.56. The van der Waals surface area contributed by atoms with Crippen molar-refractivity contribution in [1.29, 1.82) is 0 Å². The summed E-state index contributed by atoms with van der Waals surface area (Å²) in [7, 11) is 0. The van der Waals surface area contributed by atoms with E-state index in [9.17, 15) is 0 Å². The zero-order valence-corrected chi connectivity index (χ0v) is 10.1. The molecule has 0 spiro atoms. The fraction of sp³-hybridized carbons (Fsp3) is 0.615. The van der Waals surface area contributed by atoms with Gasteiger partial charge in [-0.25, -0.2) is 4.98 Å². The van der Waals surface area contributed by atoms with Crippen molar-refractivity contribution in [3.8, 4) is 5.88 Å². The zero-order valence-electron chi connectivity index (χ0n) is 10.1. The average Bonchev–Trinajstić information content (AvgIpc) is 2.34. The summed E-state index contributed by atoms with van der Waals surface area (Å²) in [5.41, 5.74) is 6.39. The summed E-state index contributed by atoms with van der Waals surface area (Å²) in [5, 5.41) is 0. The van der Waals surface area contributed by atoms with E-state index < -0.39 is 0 Å². The smallest absolute Gasteiger partial charge is 0.213 e. The van der Waals surface area contributed by atoms with Gasteiger partial charge in [0, 0.05) is 12.6 Å². The summed E-state index contributed by atoms with van der Waals surface area (Å²) in [4.78, 5) is 4.28. The minimum Gasteiger partial charge on any atom is -0.478 e. The standard InChI is InChI=1S/C13H22N2O/c1-2-3-4-5-6-10-16-13-9-7-8-12(11-14)15-13/h7-9H,2-6,10-11,14H2,1H3. The van der Waals surface area contributed by atoms with E-state index in [0.29, 0.717) is 12.4 Å². The normalized spacial score (nSPS) is 10.4. The van der Waals surface area contributed by atoms with Crippen LogP contribution in [0.2, 0.25) is 0 Å². The Morgan fingerprint density at radius 2 is 2.00 bits per heavy atom. The Morgan fingerprint density at radius 1 is 1.19 bits per heavy atom. The predicted octanol–water partition coefficient (Wildman–Crippen LogP) is 2.89. The molecule has 16 heavy (non-hydrogen) atoms. The lowest BCUT2D eigenvalue weighted by Crippen LogP contribution is -2.03. The molecule has 0 aliphatic rings. The Kier molecular flexibility index (Phi) is 6.58. The summed E-state index contributed by atoms with van der Waals surface area (Å²) in [6.07, 6.45) is 6.25. The maximum atomic E-state index is 5.56. The van der Waals surface area contributed by atoms with Crippen LogP contribution in [-0.4, -0.2) is 11.6 Å². The van der Waals surface area contributed by atoms with E-state index in [1.54, 1.807) is 0 Å². The van der Waals surface area contributed by atoms with E-state index in [1.807, 2.05) is 18.2 Å². The molecule has 1 rings (SSSR count). The second-order valence-corrected chi connectivity index (χ2v) is 3.93. The third kappa shape index (κ3) is 5.12. The molecular weight excluding hydrogens is 200 g/mol. The summed E-state index contributed by atoms with van der Waals surface area (Å²) in [5.74, 6) is 0.693. The second-order valence-electron chi connectivity index (χ2n) is 3.93. The minimum atomic E-state index is 0.466. The van der Waals surface area contributed by atoms with Gasteiger partial charge in [-0.2, -0.15) is 0 Å². The summed E-state index contributed by atoms with van der Waals surface area (Å²) >= 11 is 0. The molecule has 0 aliphatic heterocycles. The number of hydrogen-bond acceptors (Lipinski definition) is 3. The summed E-state index contributed by atoms with van der Waals surface area (Å²) < 4.78 is 5.56. The lowest BCUT2D eigenvalue weighted by Gasteiger charge is -2.06. The molecule has 0 saturated carbocycles. The van der Waals surface area contributed by atoms with Crippen molar-refractivity contribution in [2.24, 2.45) is 5.73 Å². The van der Waals surface area contributed by atoms with E-state index >= 15 is 0 Å². The number of nitrogens with two attached hydrogens (primary N) is 1. The van der Waals surface area contributed by atoms with Crippen LogP contribution in [-0.2, 0) is 6.54 Å². The lowest BCUT2D eigenvalue weighted by molar-refractivity contribution is 0.292. The highest BCUT2D eigenvalue weighted by atomic mass is 16.5. The molecule has 0 aromatic carbocycles. The quantitative estimate of drug-likeness (QED) is 0.688. The molecule has 2 N–H and O–H groups in total. The van der Waals surface area contributed by atoms with Gasteiger partial charge in [0.1, 0.15) is 0 Å². The van der Waals surface area contributed by atoms with Gasteiger partial charge in [0.15, 0.2) is 0 Å². The molecule has 0 aliphatic carbocycles. The van der Waals surface area contributed by atoms with Crippen molar-refractivity contribution in [3.63, 3.8) is 0 Å². The number of aromatic nitrogens is 1. The Bertz CT molecular complexity index is 289. The molecule has 0 unspecified atom stereocenters. The Labute approximate surface area is 98.0 Å². The molecule has 1 aromatic rings. The number of unbranched alkanes of at least 4 members (excludes halogenated alkanes) is 4. The number of hydrogen-bond donors (Lipinski definition) is 1. The molecule has 0 fully saturated rings. The van der Waals surface area contributed by atoms with Crippen LogP contribution in [0.25, 0.3) is 0 Å². The Hall–Kier alpha value is -1.09. The first kappa shape index (κ1) is 13.0. The molecule has 3 nitrogen and oxygen atoms in total. The van der Waals surface area contributed by atoms with E-state index in [2.05, 4.69) is 11.9 Å². The second kappa shape index (κ2) is 8.11. The Morgan fingerprint density at radius 3 is 2.75 bits per heavy atom. The number of nitrogens with zero attached hydrogens (tertiary/aromatic N) is 1. The Balaban J connectivity index is 2.16. The number of rotatable bonds is 8. The van der Waals surface area contributed by atoms with Crippen molar-refractivity contribution in [2.75, 3.05) is 6.61 Å². The van der Waals surface area contributed by atoms with Crippen LogP contribution < -0.4 is 10.5 Å². The molecule has 0 atom stereocenters. The first-order valence-electron chi connectivity index (χ1n) is 6.15. The molecule has 0 saturated heterocycles. The van der Waals surface area contributed by atoms with Crippen LogP contribution in [0.3, 0.4) is 0 Å². The van der Waals surface area contributed by atoms with Crippen molar-refractivity contribution in [3.05, 3.63) is 23.9 Å². The van der Waals surface area contributed by atoms with Crippen molar-refractivity contribution in [1.82, 2.24) is 4.98 Å². The highest BCUT2D eigenvalue weighted by molar-refractivity contribution is 5.15. The molecule has 3 heteroatoms. The first-order valence-corrected chi connectivity index (χ1v) is 6.15. The van der Waals surface area contributed by atoms with Gasteiger partial charge in [-0.3, -0.25) is 0 Å². The van der Waals surface area contributed by atoms with Gasteiger partial charge in [0.05, 0.1) is 12.3 Å². The van der Waals surface area contributed by atoms with E-state index in [1.165, 1.54) is 25.7 Å². The average molecular weight is 222 g/mol. The molecule has 1 heterocycles. The van der Waals surface area contributed by atoms with Crippen LogP contribution in [0.4, 0.5) is 0 Å². The van der Waals surface area contributed by atoms with Crippen LogP contribution in [0.1, 0.15) is 44.7 Å². The highest BCUT2D eigenvalue weighted by Gasteiger charge is 1.97. The maximum Gasteiger partial charge on any atom is 0.213 e. The van der Waals surface area contributed by atoms with Crippen LogP contribution in [0.15, 0.2) is 18.2 Å². The van der Waals surface area contributed by atoms with E-state index in [4.69, 9.17) is 10.5 Å². The van der Waals surface area contributed by atoms with Gasteiger partial charge in [-0.15, -0.1) is 0 Å². The first-order chi connectivity index (χ1) is 7.86. The third-order valence-electron chi connectivity index (χ3n) is 2.49. The van der Waals surface area contributed by atoms with Gasteiger partial charge in [-0.1, -0.05) is 38.7 Å². The molecule has 0 amide bonds. The summed E-state index contributed by atoms with van der Waals surface area (Å²) in [6, 6.07) is 5.72. The highest BCUT2D eigenvalue weighted by Crippen LogP contribution is 2.09. The predicted molar refractivity (Wildman–Crippen MR) is 66.4 cm³/mol. The SMILES string of the molecule is CCCCCCCOc1cccc(CN)n1. The number of ether oxygens (including phenoxy) is 1. The van der Waals surface area contributed by atoms with Gasteiger partial charge in [0.2, 0.25) is 5.88 Å². The van der Waals surface area contributed by atoms with Crippen LogP contribution in [0.5, 0.6) is 5.88 Å². The lowest BCUT2D eigenvalue weighted by atomic mass is 10.2. The van der Waals surface area contributed by atoms with Crippen molar-refractivity contribution < 1.29 is 4.74 Å². The third-order valence-corrected chi connectivity index (χ3v) is 2.49. The van der Waals surface area contributed by atoms with Gasteiger partial charge in [0.25, 0.3) is 0 Å². The van der Waals surface area contributed by atoms with Crippen LogP contribution >= 0.6 is 0 Å². The summed E-state index contributed by atoms with van der Waals surface area (Å²) in [6.45, 7) is 3.44. The largest absolute Gasteiger partial charge is 0.478 e. The molecule has 1 aromatic heterocycles.